The van der Waals surface area contributed by atoms with E-state index < -0.39 is 18.6 Å². The van der Waals surface area contributed by atoms with Crippen LogP contribution in [-0.4, -0.2) is 70.7 Å². The van der Waals surface area contributed by atoms with Crippen molar-refractivity contribution < 1.29 is 38.1 Å². The molecule has 2 heterocycles. The van der Waals surface area contributed by atoms with Gasteiger partial charge >= 0.3 is 6.09 Å². The number of hydrogen-bond donors (Lipinski definition) is 1. The Kier molecular flexibility index (Phi) is 12.5. The maximum Gasteiger partial charge on any atom is 0.416 e. The van der Waals surface area contributed by atoms with Crippen LogP contribution < -0.4 is 19.7 Å². The second kappa shape index (κ2) is 16.1. The molecule has 38 heavy (non-hydrogen) atoms. The van der Waals surface area contributed by atoms with E-state index in [0.717, 1.165) is 51.4 Å². The molecule has 1 amide bonds. The number of methoxy groups -OCH3 is 1. The van der Waals surface area contributed by atoms with Crippen molar-refractivity contribution >= 4 is 24.4 Å². The van der Waals surface area contributed by atoms with Gasteiger partial charge < -0.3 is 33.8 Å². The van der Waals surface area contributed by atoms with Gasteiger partial charge in [0, 0.05) is 24.7 Å². The van der Waals surface area contributed by atoms with Crippen molar-refractivity contribution in [2.45, 2.75) is 76.3 Å². The number of carbonyl (C=O) groups is 3. The molecule has 3 rings (SSSR count). The molecule has 10 nitrogen and oxygen atoms in total. The summed E-state index contributed by atoms with van der Waals surface area (Å²) < 4.78 is 29.2. The van der Waals surface area contributed by atoms with E-state index >= 15 is 0 Å². The van der Waals surface area contributed by atoms with Crippen LogP contribution in [0.3, 0.4) is 0 Å². The lowest BCUT2D eigenvalue weighted by Crippen LogP contribution is -2.56. The standard InChI is InChI=1S/C28H40N2O8/c1-3-15-37-28(33)30(23-19-25(35-16-10-8-14-31)24(34-2)18-21(23)20-32)27(22-11-5-4-7-13-29-22)38-26-12-6-9-17-36-26/h3,14,18-20,22,26-27,29H,1,4-13,15-17H2,2H3. The number of unbranched alkanes of at least 4 members (excludes halogenated alkanes) is 1. The number of rotatable bonds is 14. The molecular weight excluding hydrogens is 492 g/mol. The van der Waals surface area contributed by atoms with Crippen molar-refractivity contribution in [3.8, 4) is 11.5 Å². The van der Waals surface area contributed by atoms with Crippen LogP contribution in [0.5, 0.6) is 11.5 Å². The molecule has 0 bridgehead atoms. The topological polar surface area (TPSA) is 113 Å². The minimum atomic E-state index is -0.816. The third-order valence-corrected chi connectivity index (χ3v) is 6.57. The van der Waals surface area contributed by atoms with Gasteiger partial charge in [-0.3, -0.25) is 4.79 Å². The van der Waals surface area contributed by atoms with Gasteiger partial charge in [0.2, 0.25) is 0 Å². The number of anilines is 1. The summed E-state index contributed by atoms with van der Waals surface area (Å²) in [5.74, 6) is 0.670. The predicted octanol–water partition coefficient (Wildman–Crippen LogP) is 4.40. The van der Waals surface area contributed by atoms with Crippen LogP contribution in [0.4, 0.5) is 10.5 Å². The Morgan fingerprint density at radius 2 is 2.03 bits per heavy atom. The second-order valence-electron chi connectivity index (χ2n) is 9.31. The second-order valence-corrected chi connectivity index (χ2v) is 9.31. The summed E-state index contributed by atoms with van der Waals surface area (Å²) in [6, 6.07) is 2.89. The Bertz CT molecular complexity index is 910. The molecule has 3 unspecified atom stereocenters. The van der Waals surface area contributed by atoms with E-state index in [1.165, 1.54) is 24.2 Å². The molecule has 0 radical (unpaired) electrons. The summed E-state index contributed by atoms with van der Waals surface area (Å²) in [7, 11) is 1.47. The zero-order valence-corrected chi connectivity index (χ0v) is 22.2. The van der Waals surface area contributed by atoms with Crippen LogP contribution >= 0.6 is 0 Å². The molecule has 0 aromatic heterocycles. The quantitative estimate of drug-likeness (QED) is 0.161. The molecule has 2 saturated heterocycles. The maximum absolute atomic E-state index is 13.6. The summed E-state index contributed by atoms with van der Waals surface area (Å²) in [4.78, 5) is 38.0. The average Bonchev–Trinajstić information content (AvgIpc) is 3.24. The maximum atomic E-state index is 13.6. The number of hydrogen-bond acceptors (Lipinski definition) is 9. The van der Waals surface area contributed by atoms with E-state index in [1.807, 2.05) is 0 Å². The number of aldehydes is 2. The number of ether oxygens (including phenoxy) is 5. The molecule has 1 aromatic rings. The number of nitrogens with zero attached hydrogens (tertiary/aromatic N) is 1. The normalized spacial score (nSPS) is 20.4. The Hall–Kier alpha value is -2.95. The third kappa shape index (κ3) is 8.28. The minimum absolute atomic E-state index is 0.0122. The summed E-state index contributed by atoms with van der Waals surface area (Å²) >= 11 is 0. The fourth-order valence-corrected chi connectivity index (χ4v) is 4.64. The molecule has 0 spiro atoms. The van der Waals surface area contributed by atoms with Gasteiger partial charge in [0.15, 0.2) is 30.3 Å². The summed E-state index contributed by atoms with van der Waals surface area (Å²) in [5.41, 5.74) is 0.483. The molecule has 3 atom stereocenters. The molecule has 1 N–H and O–H groups in total. The van der Waals surface area contributed by atoms with Gasteiger partial charge in [-0.25, -0.2) is 9.69 Å². The van der Waals surface area contributed by atoms with Gasteiger partial charge in [0.1, 0.15) is 12.9 Å². The lowest BCUT2D eigenvalue weighted by molar-refractivity contribution is -0.192. The highest BCUT2D eigenvalue weighted by molar-refractivity contribution is 5.96. The van der Waals surface area contributed by atoms with Gasteiger partial charge in [-0.05, 0) is 51.1 Å². The Morgan fingerprint density at radius 1 is 1.18 bits per heavy atom. The van der Waals surface area contributed by atoms with Crippen LogP contribution in [0.2, 0.25) is 0 Å². The predicted molar refractivity (Wildman–Crippen MR) is 142 cm³/mol. The largest absolute Gasteiger partial charge is 0.493 e. The first-order chi connectivity index (χ1) is 18.6. The van der Waals surface area contributed by atoms with E-state index in [2.05, 4.69) is 11.9 Å². The summed E-state index contributed by atoms with van der Waals surface area (Å²) in [6.07, 6.45) is 8.28. The van der Waals surface area contributed by atoms with Crippen LogP contribution in [-0.2, 0) is 19.0 Å². The highest BCUT2D eigenvalue weighted by atomic mass is 16.7. The summed E-state index contributed by atoms with van der Waals surface area (Å²) in [5, 5.41) is 3.53. The van der Waals surface area contributed by atoms with Crippen LogP contribution in [0.1, 0.15) is 68.1 Å². The van der Waals surface area contributed by atoms with Gasteiger partial charge in [-0.2, -0.15) is 0 Å². The van der Waals surface area contributed by atoms with E-state index in [-0.39, 0.29) is 30.5 Å². The van der Waals surface area contributed by atoms with E-state index in [4.69, 9.17) is 23.7 Å². The van der Waals surface area contributed by atoms with E-state index in [1.54, 1.807) is 6.07 Å². The van der Waals surface area contributed by atoms with Crippen molar-refractivity contribution in [1.29, 1.82) is 0 Å². The molecule has 1 aromatic carbocycles. The first kappa shape index (κ1) is 29.6. The molecule has 0 saturated carbocycles. The summed E-state index contributed by atoms with van der Waals surface area (Å²) in [6.45, 7) is 5.25. The average molecular weight is 533 g/mol. The third-order valence-electron chi connectivity index (χ3n) is 6.57. The van der Waals surface area contributed by atoms with Crippen LogP contribution in [0.15, 0.2) is 24.8 Å². The molecular formula is C28H40N2O8. The van der Waals surface area contributed by atoms with Crippen molar-refractivity contribution in [2.24, 2.45) is 0 Å². The first-order valence-electron chi connectivity index (χ1n) is 13.4. The van der Waals surface area contributed by atoms with Gasteiger partial charge in [-0.15, -0.1) is 0 Å². The fourth-order valence-electron chi connectivity index (χ4n) is 4.64. The number of nitrogens with one attached hydrogen (secondary N) is 1. The molecule has 2 aliphatic rings. The van der Waals surface area contributed by atoms with Crippen LogP contribution in [0, 0.1) is 0 Å². The Morgan fingerprint density at radius 3 is 2.74 bits per heavy atom. The zero-order chi connectivity index (χ0) is 27.2. The van der Waals surface area contributed by atoms with Crippen molar-refractivity contribution in [2.75, 3.05) is 38.4 Å². The molecule has 0 aliphatic carbocycles. The molecule has 210 valence electrons. The Balaban J connectivity index is 2.07. The molecule has 10 heteroatoms. The number of carbonyl (C=O) groups excluding carboxylic acids is 3. The van der Waals surface area contributed by atoms with Crippen molar-refractivity contribution in [1.82, 2.24) is 5.32 Å². The van der Waals surface area contributed by atoms with E-state index in [0.29, 0.717) is 43.7 Å². The van der Waals surface area contributed by atoms with E-state index in [9.17, 15) is 14.4 Å². The SMILES string of the molecule is C=CCOC(=O)N(c1cc(OCCCC=O)c(OC)cc1C=O)C(OC1CCCCO1)C1CCCCCN1. The monoisotopic (exact) mass is 532 g/mol. The fraction of sp³-hybridized carbons (Fsp3) is 0.607. The smallest absolute Gasteiger partial charge is 0.416 e. The van der Waals surface area contributed by atoms with Crippen LogP contribution in [0.25, 0.3) is 0 Å². The van der Waals surface area contributed by atoms with Crippen molar-refractivity contribution in [3.63, 3.8) is 0 Å². The van der Waals surface area contributed by atoms with Gasteiger partial charge in [0.05, 0.1) is 25.4 Å². The van der Waals surface area contributed by atoms with Crippen molar-refractivity contribution in [3.05, 3.63) is 30.4 Å². The molecule has 2 fully saturated rings. The number of benzene rings is 1. The lowest BCUT2D eigenvalue weighted by Gasteiger charge is -2.39. The highest BCUT2D eigenvalue weighted by Crippen LogP contribution is 2.37. The minimum Gasteiger partial charge on any atom is -0.493 e. The van der Waals surface area contributed by atoms with Gasteiger partial charge in [0.25, 0.3) is 0 Å². The number of amides is 1. The molecule has 2 aliphatic heterocycles. The van der Waals surface area contributed by atoms with Gasteiger partial charge in [-0.1, -0.05) is 25.5 Å². The Labute approximate surface area is 224 Å². The zero-order valence-electron chi connectivity index (χ0n) is 22.2. The highest BCUT2D eigenvalue weighted by Gasteiger charge is 2.38. The lowest BCUT2D eigenvalue weighted by atomic mass is 10.1. The first-order valence-corrected chi connectivity index (χ1v) is 13.4.